The molecule has 0 aliphatic rings. The number of methoxy groups -OCH3 is 2. The van der Waals surface area contributed by atoms with Crippen LogP contribution >= 0.6 is 0 Å². The Balaban J connectivity index is 2.83. The molecule has 1 aromatic carbocycles. The van der Waals surface area contributed by atoms with Crippen LogP contribution in [0.25, 0.3) is 0 Å². The molecule has 4 heteroatoms. The Morgan fingerprint density at radius 1 is 1.27 bits per heavy atom. The third-order valence-electron chi connectivity index (χ3n) is 1.88. The lowest BCUT2D eigenvalue weighted by atomic mass is 10.2. The van der Waals surface area contributed by atoms with Crippen LogP contribution in [0.3, 0.4) is 0 Å². The van der Waals surface area contributed by atoms with Crippen LogP contribution in [-0.4, -0.2) is 38.7 Å². The third-order valence-corrected chi connectivity index (χ3v) is 1.88. The Morgan fingerprint density at radius 3 is 2.60 bits per heavy atom. The molecule has 0 saturated heterocycles. The minimum Gasteiger partial charge on any atom is -0.493 e. The predicted octanol–water partition coefficient (Wildman–Crippen LogP) is 1.11. The minimum atomic E-state index is 0.0593. The number of hydrogen-bond donors (Lipinski definition) is 1. The summed E-state index contributed by atoms with van der Waals surface area (Å²) >= 11 is 0. The van der Waals surface area contributed by atoms with Gasteiger partial charge in [0.05, 0.1) is 27.4 Å². The van der Waals surface area contributed by atoms with Crippen LogP contribution in [0.15, 0.2) is 23.2 Å². The molecule has 0 aliphatic heterocycles. The number of aliphatic hydroxyl groups excluding tert-OH is 1. The standard InChI is InChI=1S/C11H15NO3/c1-14-10-4-3-9(7-11(10)15-2)8-12-5-6-13/h3-4,7-8,13H,5-6H2,1-2H3. The third kappa shape index (κ3) is 3.25. The first-order valence-corrected chi connectivity index (χ1v) is 4.64. The van der Waals surface area contributed by atoms with Gasteiger partial charge in [-0.25, -0.2) is 0 Å². The van der Waals surface area contributed by atoms with Crippen LogP contribution in [0.4, 0.5) is 0 Å². The average Bonchev–Trinajstić information content (AvgIpc) is 2.29. The Morgan fingerprint density at radius 2 is 2.00 bits per heavy atom. The molecule has 0 radical (unpaired) electrons. The largest absolute Gasteiger partial charge is 0.493 e. The Labute approximate surface area is 89.2 Å². The van der Waals surface area contributed by atoms with Crippen molar-refractivity contribution in [2.45, 2.75) is 0 Å². The fourth-order valence-corrected chi connectivity index (χ4v) is 1.16. The second-order valence-corrected chi connectivity index (χ2v) is 2.87. The first-order valence-electron chi connectivity index (χ1n) is 4.64. The van der Waals surface area contributed by atoms with Gasteiger partial charge < -0.3 is 14.6 Å². The number of ether oxygens (including phenoxy) is 2. The zero-order valence-corrected chi connectivity index (χ0v) is 8.93. The molecule has 0 spiro atoms. The van der Waals surface area contributed by atoms with Crippen molar-refractivity contribution in [3.63, 3.8) is 0 Å². The molecule has 1 rings (SSSR count). The Hall–Kier alpha value is -1.55. The molecule has 4 nitrogen and oxygen atoms in total. The van der Waals surface area contributed by atoms with Crippen molar-refractivity contribution in [1.82, 2.24) is 0 Å². The SMILES string of the molecule is COc1ccc(C=NCCO)cc1OC. The van der Waals surface area contributed by atoms with E-state index in [2.05, 4.69) is 4.99 Å². The zero-order valence-electron chi connectivity index (χ0n) is 8.93. The van der Waals surface area contributed by atoms with Crippen molar-refractivity contribution in [3.8, 4) is 11.5 Å². The van der Waals surface area contributed by atoms with Crippen molar-refractivity contribution >= 4 is 6.21 Å². The predicted molar refractivity (Wildman–Crippen MR) is 59.1 cm³/mol. The van der Waals surface area contributed by atoms with Gasteiger partial charge in [-0.3, -0.25) is 4.99 Å². The fourth-order valence-electron chi connectivity index (χ4n) is 1.16. The summed E-state index contributed by atoms with van der Waals surface area (Å²) in [6, 6.07) is 5.53. The number of hydrogen-bond acceptors (Lipinski definition) is 4. The van der Waals surface area contributed by atoms with E-state index in [4.69, 9.17) is 14.6 Å². The van der Waals surface area contributed by atoms with Gasteiger partial charge in [-0.05, 0) is 23.8 Å². The maximum absolute atomic E-state index is 8.57. The Kier molecular flexibility index (Phi) is 4.63. The van der Waals surface area contributed by atoms with Crippen LogP contribution in [-0.2, 0) is 0 Å². The van der Waals surface area contributed by atoms with E-state index < -0.39 is 0 Å². The quantitative estimate of drug-likeness (QED) is 0.739. The van der Waals surface area contributed by atoms with Crippen LogP contribution < -0.4 is 9.47 Å². The highest BCUT2D eigenvalue weighted by atomic mass is 16.5. The van der Waals surface area contributed by atoms with Crippen molar-refractivity contribution in [3.05, 3.63) is 23.8 Å². The number of aliphatic hydroxyl groups is 1. The summed E-state index contributed by atoms with van der Waals surface area (Å²) in [5.41, 5.74) is 0.918. The van der Waals surface area contributed by atoms with E-state index in [1.54, 1.807) is 20.4 Å². The normalized spacial score (nSPS) is 10.6. The van der Waals surface area contributed by atoms with E-state index in [0.717, 1.165) is 5.56 Å². The van der Waals surface area contributed by atoms with Gasteiger partial charge in [0.1, 0.15) is 0 Å². The van der Waals surface area contributed by atoms with E-state index in [1.165, 1.54) is 0 Å². The van der Waals surface area contributed by atoms with Gasteiger partial charge >= 0.3 is 0 Å². The molecule has 15 heavy (non-hydrogen) atoms. The van der Waals surface area contributed by atoms with Crippen LogP contribution in [0.5, 0.6) is 11.5 Å². The van der Waals surface area contributed by atoms with Crippen molar-refractivity contribution in [1.29, 1.82) is 0 Å². The molecule has 0 heterocycles. The zero-order chi connectivity index (χ0) is 11.1. The van der Waals surface area contributed by atoms with Gasteiger partial charge in [0.15, 0.2) is 11.5 Å². The smallest absolute Gasteiger partial charge is 0.161 e. The lowest BCUT2D eigenvalue weighted by Crippen LogP contribution is -1.93. The van der Waals surface area contributed by atoms with Gasteiger partial charge in [0.2, 0.25) is 0 Å². The highest BCUT2D eigenvalue weighted by Gasteiger charge is 2.02. The summed E-state index contributed by atoms with van der Waals surface area (Å²) in [7, 11) is 3.18. The molecule has 1 aromatic rings. The Bertz CT molecular complexity index is 337. The number of nitrogens with zero attached hydrogens (tertiary/aromatic N) is 1. The summed E-state index contributed by atoms with van der Waals surface area (Å²) in [6.07, 6.45) is 1.69. The first kappa shape index (κ1) is 11.5. The molecule has 82 valence electrons. The maximum atomic E-state index is 8.57. The summed E-state index contributed by atoms with van der Waals surface area (Å²) in [5.74, 6) is 1.36. The van der Waals surface area contributed by atoms with E-state index in [0.29, 0.717) is 18.0 Å². The first-order chi connectivity index (χ1) is 7.31. The molecule has 0 bridgehead atoms. The van der Waals surface area contributed by atoms with Gasteiger partial charge in [-0.2, -0.15) is 0 Å². The summed E-state index contributed by atoms with van der Waals surface area (Å²) in [6.45, 7) is 0.470. The minimum absolute atomic E-state index is 0.0593. The number of rotatable bonds is 5. The van der Waals surface area contributed by atoms with Gasteiger partial charge in [0, 0.05) is 6.21 Å². The van der Waals surface area contributed by atoms with Gasteiger partial charge in [0.25, 0.3) is 0 Å². The topological polar surface area (TPSA) is 51.0 Å². The lowest BCUT2D eigenvalue weighted by Gasteiger charge is -2.07. The van der Waals surface area contributed by atoms with Crippen molar-refractivity contribution in [2.75, 3.05) is 27.4 Å². The summed E-state index contributed by atoms with van der Waals surface area (Å²) in [4.78, 5) is 4.02. The maximum Gasteiger partial charge on any atom is 0.161 e. The van der Waals surface area contributed by atoms with Crippen molar-refractivity contribution in [2.24, 2.45) is 4.99 Å². The molecule has 0 fully saturated rings. The molecule has 0 aliphatic carbocycles. The van der Waals surface area contributed by atoms with Crippen molar-refractivity contribution < 1.29 is 14.6 Å². The number of aliphatic imine (C=N–C) groups is 1. The van der Waals surface area contributed by atoms with Gasteiger partial charge in [-0.1, -0.05) is 0 Å². The fraction of sp³-hybridized carbons (Fsp3) is 0.364. The molecule has 0 amide bonds. The molecular weight excluding hydrogens is 194 g/mol. The summed E-state index contributed by atoms with van der Waals surface area (Å²) < 4.78 is 10.3. The van der Waals surface area contributed by atoms with Crippen LogP contribution in [0, 0.1) is 0 Å². The number of benzene rings is 1. The summed E-state index contributed by atoms with van der Waals surface area (Å²) in [5, 5.41) is 8.57. The average molecular weight is 209 g/mol. The molecule has 1 N–H and O–H groups in total. The lowest BCUT2D eigenvalue weighted by molar-refractivity contribution is 0.307. The molecule has 0 saturated carbocycles. The monoisotopic (exact) mass is 209 g/mol. The van der Waals surface area contributed by atoms with E-state index in [-0.39, 0.29) is 6.61 Å². The second-order valence-electron chi connectivity index (χ2n) is 2.87. The van der Waals surface area contributed by atoms with Crippen LogP contribution in [0.2, 0.25) is 0 Å². The molecular formula is C11H15NO3. The second kappa shape index (κ2) is 6.03. The van der Waals surface area contributed by atoms with E-state index in [9.17, 15) is 0 Å². The molecule has 0 aromatic heterocycles. The van der Waals surface area contributed by atoms with E-state index >= 15 is 0 Å². The highest BCUT2D eigenvalue weighted by molar-refractivity contribution is 5.80. The van der Waals surface area contributed by atoms with Gasteiger partial charge in [-0.15, -0.1) is 0 Å². The highest BCUT2D eigenvalue weighted by Crippen LogP contribution is 2.26. The van der Waals surface area contributed by atoms with Crippen LogP contribution in [0.1, 0.15) is 5.56 Å². The molecule has 0 atom stereocenters. The van der Waals surface area contributed by atoms with E-state index in [1.807, 2.05) is 18.2 Å². The molecule has 0 unspecified atom stereocenters.